The summed E-state index contributed by atoms with van der Waals surface area (Å²) in [6, 6.07) is 13.0. The molecule has 0 unspecified atom stereocenters. The van der Waals surface area contributed by atoms with Gasteiger partial charge < -0.3 is 0 Å². The van der Waals surface area contributed by atoms with Gasteiger partial charge in [0, 0.05) is 12.8 Å². The maximum atomic E-state index is 12.1. The zero-order chi connectivity index (χ0) is 16.1. The highest BCUT2D eigenvalue weighted by molar-refractivity contribution is 5.78. The fourth-order valence-electron chi connectivity index (χ4n) is 2.61. The Labute approximate surface area is 134 Å². The summed E-state index contributed by atoms with van der Waals surface area (Å²) in [6.07, 6.45) is 3.00. The SMILES string of the molecule is Cc1ccc(CCC(=O)CCc2ccc(C)c(C)c2)cc1C. The average molecular weight is 294 g/mol. The molecule has 22 heavy (non-hydrogen) atoms. The van der Waals surface area contributed by atoms with Crippen molar-refractivity contribution < 1.29 is 4.79 Å². The first kappa shape index (κ1) is 16.5. The predicted molar refractivity (Wildman–Crippen MR) is 93.5 cm³/mol. The Bertz CT molecular complexity index is 610. The lowest BCUT2D eigenvalue weighted by atomic mass is 9.98. The van der Waals surface area contributed by atoms with E-state index in [1.165, 1.54) is 33.4 Å². The zero-order valence-electron chi connectivity index (χ0n) is 14.2. The van der Waals surface area contributed by atoms with Crippen LogP contribution < -0.4 is 0 Å². The van der Waals surface area contributed by atoms with Gasteiger partial charge in [-0.05, 0) is 73.9 Å². The van der Waals surface area contributed by atoms with Gasteiger partial charge in [-0.2, -0.15) is 0 Å². The van der Waals surface area contributed by atoms with E-state index < -0.39 is 0 Å². The molecule has 0 saturated heterocycles. The third-order valence-corrected chi connectivity index (χ3v) is 4.53. The van der Waals surface area contributed by atoms with Gasteiger partial charge in [0.05, 0.1) is 0 Å². The first-order chi connectivity index (χ1) is 10.5. The van der Waals surface area contributed by atoms with Crippen molar-refractivity contribution in [1.29, 1.82) is 0 Å². The Morgan fingerprint density at radius 3 is 1.45 bits per heavy atom. The van der Waals surface area contributed by atoms with E-state index in [-0.39, 0.29) is 0 Å². The summed E-state index contributed by atoms with van der Waals surface area (Å²) in [4.78, 5) is 12.1. The van der Waals surface area contributed by atoms with Gasteiger partial charge in [-0.25, -0.2) is 0 Å². The number of hydrogen-bond acceptors (Lipinski definition) is 1. The molecule has 2 aromatic rings. The van der Waals surface area contributed by atoms with E-state index in [4.69, 9.17) is 0 Å². The zero-order valence-corrected chi connectivity index (χ0v) is 14.2. The molecular formula is C21H26O. The van der Waals surface area contributed by atoms with Crippen LogP contribution in [0.25, 0.3) is 0 Å². The maximum absolute atomic E-state index is 12.1. The van der Waals surface area contributed by atoms with Gasteiger partial charge in [-0.1, -0.05) is 36.4 Å². The third-order valence-electron chi connectivity index (χ3n) is 4.53. The molecule has 0 spiro atoms. The minimum absolute atomic E-state index is 0.358. The highest BCUT2D eigenvalue weighted by Gasteiger charge is 2.05. The maximum Gasteiger partial charge on any atom is 0.133 e. The second-order valence-corrected chi connectivity index (χ2v) is 6.38. The van der Waals surface area contributed by atoms with E-state index in [0.717, 1.165) is 12.8 Å². The van der Waals surface area contributed by atoms with Gasteiger partial charge in [-0.3, -0.25) is 4.79 Å². The van der Waals surface area contributed by atoms with Crippen LogP contribution in [0.3, 0.4) is 0 Å². The number of carbonyl (C=O) groups is 1. The van der Waals surface area contributed by atoms with Crippen molar-refractivity contribution in [2.45, 2.75) is 53.4 Å². The molecule has 1 heteroatoms. The summed E-state index contributed by atoms with van der Waals surface area (Å²) in [5.74, 6) is 0.358. The van der Waals surface area contributed by atoms with Crippen molar-refractivity contribution in [2.24, 2.45) is 0 Å². The molecule has 0 saturated carbocycles. The molecular weight excluding hydrogens is 268 g/mol. The van der Waals surface area contributed by atoms with Crippen molar-refractivity contribution in [3.8, 4) is 0 Å². The van der Waals surface area contributed by atoms with Gasteiger partial charge >= 0.3 is 0 Å². The Kier molecular flexibility index (Phi) is 5.54. The second kappa shape index (κ2) is 7.40. The first-order valence-electron chi connectivity index (χ1n) is 8.09. The van der Waals surface area contributed by atoms with Crippen LogP contribution in [0.5, 0.6) is 0 Å². The number of benzene rings is 2. The fourth-order valence-corrected chi connectivity index (χ4v) is 2.61. The Hall–Kier alpha value is -1.89. The van der Waals surface area contributed by atoms with Gasteiger partial charge in [0.15, 0.2) is 0 Å². The van der Waals surface area contributed by atoms with E-state index in [1.54, 1.807) is 0 Å². The highest BCUT2D eigenvalue weighted by atomic mass is 16.1. The van der Waals surface area contributed by atoms with Crippen LogP contribution in [0.1, 0.15) is 46.2 Å². The van der Waals surface area contributed by atoms with E-state index in [0.29, 0.717) is 18.6 Å². The smallest absolute Gasteiger partial charge is 0.133 e. The molecule has 0 aliphatic rings. The van der Waals surface area contributed by atoms with Crippen LogP contribution in [-0.4, -0.2) is 5.78 Å². The molecule has 0 heterocycles. The molecule has 0 aromatic heterocycles. The number of Topliss-reactive ketones (excluding diaryl/α,β-unsaturated/α-hetero) is 1. The normalized spacial score (nSPS) is 10.7. The molecule has 0 bridgehead atoms. The van der Waals surface area contributed by atoms with Crippen molar-refractivity contribution >= 4 is 5.78 Å². The molecule has 0 fully saturated rings. The van der Waals surface area contributed by atoms with Crippen LogP contribution in [0.15, 0.2) is 36.4 Å². The summed E-state index contributed by atoms with van der Waals surface area (Å²) < 4.78 is 0. The van der Waals surface area contributed by atoms with Crippen molar-refractivity contribution in [2.75, 3.05) is 0 Å². The van der Waals surface area contributed by atoms with Crippen molar-refractivity contribution in [1.82, 2.24) is 0 Å². The molecule has 0 amide bonds. The van der Waals surface area contributed by atoms with Crippen LogP contribution in [0.4, 0.5) is 0 Å². The number of ketones is 1. The molecule has 2 rings (SSSR count). The third kappa shape index (κ3) is 4.56. The second-order valence-electron chi connectivity index (χ2n) is 6.38. The van der Waals surface area contributed by atoms with Gasteiger partial charge in [0.25, 0.3) is 0 Å². The van der Waals surface area contributed by atoms with Gasteiger partial charge in [-0.15, -0.1) is 0 Å². The summed E-state index contributed by atoms with van der Waals surface area (Å²) in [7, 11) is 0. The molecule has 0 atom stereocenters. The van der Waals surface area contributed by atoms with E-state index in [1.807, 2.05) is 0 Å². The number of rotatable bonds is 6. The number of aryl methyl sites for hydroxylation is 6. The summed E-state index contributed by atoms with van der Waals surface area (Å²) >= 11 is 0. The lowest BCUT2D eigenvalue weighted by Gasteiger charge is -2.06. The fraction of sp³-hybridized carbons (Fsp3) is 0.381. The van der Waals surface area contributed by atoms with Crippen molar-refractivity contribution in [3.05, 3.63) is 69.8 Å². The molecule has 116 valence electrons. The quantitative estimate of drug-likeness (QED) is 0.728. The molecule has 0 aliphatic heterocycles. The predicted octanol–water partition coefficient (Wildman–Crippen LogP) is 5.05. The van der Waals surface area contributed by atoms with Crippen LogP contribution in [-0.2, 0) is 17.6 Å². The van der Waals surface area contributed by atoms with E-state index in [9.17, 15) is 4.79 Å². The minimum Gasteiger partial charge on any atom is -0.300 e. The average Bonchev–Trinajstić information content (AvgIpc) is 2.49. The molecule has 0 radical (unpaired) electrons. The topological polar surface area (TPSA) is 17.1 Å². The highest BCUT2D eigenvalue weighted by Crippen LogP contribution is 2.14. The standard InChI is InChI=1S/C21H26O/c1-15-5-7-19(13-17(15)3)9-11-21(22)12-10-20-8-6-16(2)18(4)14-20/h5-8,13-14H,9-12H2,1-4H3. The molecule has 1 nitrogen and oxygen atoms in total. The molecule has 0 N–H and O–H groups in total. The Balaban J connectivity index is 1.82. The van der Waals surface area contributed by atoms with Gasteiger partial charge in [0.1, 0.15) is 5.78 Å². The minimum atomic E-state index is 0.358. The first-order valence-corrected chi connectivity index (χ1v) is 8.09. The van der Waals surface area contributed by atoms with Gasteiger partial charge in [0.2, 0.25) is 0 Å². The number of carbonyl (C=O) groups excluding carboxylic acids is 1. The lowest BCUT2D eigenvalue weighted by Crippen LogP contribution is -2.03. The Morgan fingerprint density at radius 1 is 0.682 bits per heavy atom. The van der Waals surface area contributed by atoms with Crippen LogP contribution in [0, 0.1) is 27.7 Å². The van der Waals surface area contributed by atoms with E-state index >= 15 is 0 Å². The number of hydrogen-bond donors (Lipinski definition) is 0. The van der Waals surface area contributed by atoms with Crippen LogP contribution in [0.2, 0.25) is 0 Å². The van der Waals surface area contributed by atoms with Crippen LogP contribution >= 0.6 is 0 Å². The van der Waals surface area contributed by atoms with Crippen molar-refractivity contribution in [3.63, 3.8) is 0 Å². The summed E-state index contributed by atoms with van der Waals surface area (Å²) in [6.45, 7) is 8.49. The Morgan fingerprint density at radius 2 is 1.09 bits per heavy atom. The molecule has 0 aliphatic carbocycles. The summed E-state index contributed by atoms with van der Waals surface area (Å²) in [5, 5.41) is 0. The monoisotopic (exact) mass is 294 g/mol. The summed E-state index contributed by atoms with van der Waals surface area (Å²) in [5.41, 5.74) is 7.76. The molecule has 2 aromatic carbocycles. The van der Waals surface area contributed by atoms with E-state index in [2.05, 4.69) is 64.1 Å². The largest absolute Gasteiger partial charge is 0.300 e. The lowest BCUT2D eigenvalue weighted by molar-refractivity contribution is -0.119.